The predicted molar refractivity (Wildman–Crippen MR) is 56.4 cm³/mol. The minimum Gasteiger partial charge on any atom is -0.355 e. The summed E-state index contributed by atoms with van der Waals surface area (Å²) in [5, 5.41) is 5.33. The maximum absolute atomic E-state index is 11.7. The van der Waals surface area contributed by atoms with Crippen molar-refractivity contribution in [3.05, 3.63) is 18.6 Å². The van der Waals surface area contributed by atoms with Gasteiger partial charge in [-0.05, 0) is 6.42 Å². The fourth-order valence-electron chi connectivity index (χ4n) is 1.55. The fourth-order valence-corrected chi connectivity index (χ4v) is 1.55. The van der Waals surface area contributed by atoms with Gasteiger partial charge in [-0.2, -0.15) is 0 Å². The summed E-state index contributed by atoms with van der Waals surface area (Å²) in [4.78, 5) is 30.5. The zero-order chi connectivity index (χ0) is 11.4. The van der Waals surface area contributed by atoms with Crippen LogP contribution < -0.4 is 10.6 Å². The molecule has 1 atom stereocenters. The summed E-state index contributed by atoms with van der Waals surface area (Å²) >= 11 is 0. The van der Waals surface area contributed by atoms with E-state index in [0.717, 1.165) is 0 Å². The largest absolute Gasteiger partial charge is 0.355 e. The molecule has 0 aliphatic carbocycles. The molecule has 6 heteroatoms. The summed E-state index contributed by atoms with van der Waals surface area (Å²) in [6, 6.07) is 0. The molecule has 2 N–H and O–H groups in total. The number of nitrogens with one attached hydrogen (secondary N) is 2. The van der Waals surface area contributed by atoms with E-state index in [1.165, 1.54) is 18.6 Å². The lowest BCUT2D eigenvalue weighted by molar-refractivity contribution is -0.126. The van der Waals surface area contributed by atoms with Crippen LogP contribution in [0.1, 0.15) is 12.8 Å². The number of hydrogen-bond donors (Lipinski definition) is 2. The second-order valence-corrected chi connectivity index (χ2v) is 3.62. The molecule has 1 unspecified atom stereocenters. The molecule has 1 fully saturated rings. The molecule has 0 radical (unpaired) electrons. The highest BCUT2D eigenvalue weighted by atomic mass is 16.2. The summed E-state index contributed by atoms with van der Waals surface area (Å²) in [6.07, 6.45) is 5.52. The van der Waals surface area contributed by atoms with Crippen LogP contribution in [0.15, 0.2) is 18.6 Å². The van der Waals surface area contributed by atoms with E-state index < -0.39 is 0 Å². The van der Waals surface area contributed by atoms with E-state index >= 15 is 0 Å². The summed E-state index contributed by atoms with van der Waals surface area (Å²) in [7, 11) is 0. The van der Waals surface area contributed by atoms with Crippen LogP contribution in [0.2, 0.25) is 0 Å². The van der Waals surface area contributed by atoms with Gasteiger partial charge in [-0.25, -0.2) is 4.98 Å². The van der Waals surface area contributed by atoms with Gasteiger partial charge in [-0.3, -0.25) is 14.6 Å². The number of nitrogens with zero attached hydrogens (tertiary/aromatic N) is 2. The molecule has 1 aliphatic rings. The molecule has 1 aromatic rings. The van der Waals surface area contributed by atoms with Crippen molar-refractivity contribution in [2.24, 2.45) is 5.92 Å². The molecule has 1 aromatic heterocycles. The predicted octanol–water partition coefficient (Wildman–Crippen LogP) is -0.0587. The molecule has 1 aliphatic heterocycles. The van der Waals surface area contributed by atoms with Gasteiger partial charge in [0.2, 0.25) is 11.8 Å². The van der Waals surface area contributed by atoms with Gasteiger partial charge < -0.3 is 10.6 Å². The van der Waals surface area contributed by atoms with Crippen LogP contribution in [0.25, 0.3) is 0 Å². The molecule has 6 nitrogen and oxygen atoms in total. The normalized spacial score (nSPS) is 20.0. The van der Waals surface area contributed by atoms with Gasteiger partial charge in [0.1, 0.15) is 0 Å². The molecule has 0 spiro atoms. The summed E-state index contributed by atoms with van der Waals surface area (Å²) < 4.78 is 0. The van der Waals surface area contributed by atoms with Crippen molar-refractivity contribution in [2.75, 3.05) is 11.9 Å². The van der Waals surface area contributed by atoms with Crippen molar-refractivity contribution in [1.82, 2.24) is 15.3 Å². The summed E-state index contributed by atoms with van der Waals surface area (Å²) in [6.45, 7) is 0.394. The van der Waals surface area contributed by atoms with Gasteiger partial charge in [-0.1, -0.05) is 0 Å². The van der Waals surface area contributed by atoms with Crippen molar-refractivity contribution in [2.45, 2.75) is 12.8 Å². The molecule has 0 aromatic carbocycles. The SMILES string of the molecule is O=C1CCC(C(=O)Nc2cnccn2)CN1. The van der Waals surface area contributed by atoms with Crippen LogP contribution in [0.4, 0.5) is 5.82 Å². The van der Waals surface area contributed by atoms with Crippen LogP contribution in [-0.4, -0.2) is 28.3 Å². The molecular formula is C10H12N4O2. The molecule has 0 bridgehead atoms. The second kappa shape index (κ2) is 4.69. The number of amides is 2. The van der Waals surface area contributed by atoms with Crippen molar-refractivity contribution >= 4 is 17.6 Å². The molecule has 16 heavy (non-hydrogen) atoms. The number of rotatable bonds is 2. The number of anilines is 1. The lowest BCUT2D eigenvalue weighted by Crippen LogP contribution is -2.40. The summed E-state index contributed by atoms with van der Waals surface area (Å²) in [5.41, 5.74) is 0. The van der Waals surface area contributed by atoms with Gasteiger partial charge in [0.25, 0.3) is 0 Å². The number of carbonyl (C=O) groups excluding carboxylic acids is 2. The molecule has 2 amide bonds. The Balaban J connectivity index is 1.91. The lowest BCUT2D eigenvalue weighted by atomic mass is 9.98. The van der Waals surface area contributed by atoms with Crippen molar-refractivity contribution in [3.8, 4) is 0 Å². The van der Waals surface area contributed by atoms with Gasteiger partial charge >= 0.3 is 0 Å². The molecule has 0 saturated carbocycles. The topological polar surface area (TPSA) is 84.0 Å². The highest BCUT2D eigenvalue weighted by molar-refractivity contribution is 5.93. The third-order valence-corrected chi connectivity index (χ3v) is 2.45. The molecule has 2 heterocycles. The summed E-state index contributed by atoms with van der Waals surface area (Å²) in [5.74, 6) is 0.133. The monoisotopic (exact) mass is 220 g/mol. The third-order valence-electron chi connectivity index (χ3n) is 2.45. The van der Waals surface area contributed by atoms with Gasteiger partial charge in [0, 0.05) is 25.4 Å². The van der Waals surface area contributed by atoms with E-state index in [9.17, 15) is 9.59 Å². The van der Waals surface area contributed by atoms with Crippen LogP contribution in [0.3, 0.4) is 0 Å². The third kappa shape index (κ3) is 2.53. The first kappa shape index (κ1) is 10.5. The average molecular weight is 220 g/mol. The Hall–Kier alpha value is -1.98. The zero-order valence-corrected chi connectivity index (χ0v) is 8.64. The number of piperidine rings is 1. The molecule has 1 saturated heterocycles. The second-order valence-electron chi connectivity index (χ2n) is 3.62. The van der Waals surface area contributed by atoms with Crippen LogP contribution in [-0.2, 0) is 9.59 Å². The zero-order valence-electron chi connectivity index (χ0n) is 8.64. The van der Waals surface area contributed by atoms with E-state index in [2.05, 4.69) is 20.6 Å². The van der Waals surface area contributed by atoms with E-state index in [1.807, 2.05) is 0 Å². The Morgan fingerprint density at radius 1 is 1.50 bits per heavy atom. The Morgan fingerprint density at radius 3 is 3.00 bits per heavy atom. The van der Waals surface area contributed by atoms with Gasteiger partial charge in [-0.15, -0.1) is 0 Å². The standard InChI is InChI=1S/C10H12N4O2/c15-9-2-1-7(5-13-9)10(16)14-8-6-11-3-4-12-8/h3-4,6-7H,1-2,5H2,(H,13,15)(H,12,14,16). The molecular weight excluding hydrogens is 208 g/mol. The van der Waals surface area contributed by atoms with E-state index in [0.29, 0.717) is 25.2 Å². The van der Waals surface area contributed by atoms with Crippen LogP contribution in [0, 0.1) is 5.92 Å². The van der Waals surface area contributed by atoms with Gasteiger partial charge in [0.15, 0.2) is 5.82 Å². The highest BCUT2D eigenvalue weighted by Crippen LogP contribution is 2.12. The maximum Gasteiger partial charge on any atom is 0.230 e. The maximum atomic E-state index is 11.7. The van der Waals surface area contributed by atoms with E-state index in [1.54, 1.807) is 0 Å². The smallest absolute Gasteiger partial charge is 0.230 e. The minimum absolute atomic E-state index is 0.00329. The number of hydrogen-bond acceptors (Lipinski definition) is 4. The Labute approximate surface area is 92.5 Å². The molecule has 84 valence electrons. The van der Waals surface area contributed by atoms with Crippen molar-refractivity contribution in [1.29, 1.82) is 0 Å². The average Bonchev–Trinajstić information content (AvgIpc) is 2.31. The minimum atomic E-state index is -0.181. The van der Waals surface area contributed by atoms with Crippen LogP contribution in [0.5, 0.6) is 0 Å². The number of aromatic nitrogens is 2. The Bertz CT molecular complexity index is 383. The Morgan fingerprint density at radius 2 is 2.38 bits per heavy atom. The van der Waals surface area contributed by atoms with Crippen molar-refractivity contribution < 1.29 is 9.59 Å². The molecule has 2 rings (SSSR count). The first-order chi connectivity index (χ1) is 7.75. The van der Waals surface area contributed by atoms with Gasteiger partial charge in [0.05, 0.1) is 12.1 Å². The van der Waals surface area contributed by atoms with Crippen molar-refractivity contribution in [3.63, 3.8) is 0 Å². The lowest BCUT2D eigenvalue weighted by Gasteiger charge is -2.21. The van der Waals surface area contributed by atoms with E-state index in [4.69, 9.17) is 0 Å². The number of carbonyl (C=O) groups is 2. The first-order valence-corrected chi connectivity index (χ1v) is 5.09. The first-order valence-electron chi connectivity index (χ1n) is 5.09. The van der Waals surface area contributed by atoms with Crippen LogP contribution >= 0.6 is 0 Å². The highest BCUT2D eigenvalue weighted by Gasteiger charge is 2.24. The fraction of sp³-hybridized carbons (Fsp3) is 0.400. The van der Waals surface area contributed by atoms with E-state index in [-0.39, 0.29) is 17.7 Å². The quantitative estimate of drug-likeness (QED) is 0.731. The Kier molecular flexibility index (Phi) is 3.09.